The van der Waals surface area contributed by atoms with Crippen LogP contribution in [-0.4, -0.2) is 49.4 Å². The summed E-state index contributed by atoms with van der Waals surface area (Å²) in [4.78, 5) is 19.5. The van der Waals surface area contributed by atoms with Gasteiger partial charge in [0, 0.05) is 14.1 Å². The van der Waals surface area contributed by atoms with Crippen molar-refractivity contribution in [2.75, 3.05) is 27.4 Å². The summed E-state index contributed by atoms with van der Waals surface area (Å²) in [5.41, 5.74) is 0. The number of hydrazone groups is 2. The van der Waals surface area contributed by atoms with Crippen LogP contribution >= 0.6 is 0 Å². The van der Waals surface area contributed by atoms with Crippen molar-refractivity contribution < 1.29 is 10.1 Å². The van der Waals surface area contributed by atoms with E-state index in [1.807, 2.05) is 0 Å². The molecule has 0 bridgehead atoms. The second kappa shape index (κ2) is 9.34. The molecule has 13 nitrogen and oxygen atoms in total. The van der Waals surface area contributed by atoms with E-state index in [0.717, 1.165) is 0 Å². The lowest BCUT2D eigenvalue weighted by Gasteiger charge is -2.15. The van der Waals surface area contributed by atoms with E-state index in [1.54, 1.807) is 14.1 Å². The Balaban J connectivity index is 0.000000344. The van der Waals surface area contributed by atoms with Crippen molar-refractivity contribution in [3.05, 3.63) is 20.2 Å². The minimum atomic E-state index is -0.775. The Hall–Kier alpha value is -2.70. The van der Waals surface area contributed by atoms with Crippen LogP contribution in [0.25, 0.3) is 0 Å². The monoisotopic (exact) mass is 277 g/mol. The zero-order valence-corrected chi connectivity index (χ0v) is 10.3. The maximum absolute atomic E-state index is 9.79. The summed E-state index contributed by atoms with van der Waals surface area (Å²) in [5, 5.41) is 37.0. The first kappa shape index (κ1) is 16.3. The topological polar surface area (TPSA) is 171 Å². The molecule has 1 rings (SSSR count). The predicted molar refractivity (Wildman–Crippen MR) is 66.1 cm³/mol. The fourth-order valence-electron chi connectivity index (χ4n) is 0.876. The number of hydrogen-bond acceptors (Lipinski definition) is 5. The van der Waals surface area contributed by atoms with Crippen LogP contribution in [0.15, 0.2) is 10.2 Å². The molecule has 0 amide bonds. The van der Waals surface area contributed by atoms with Crippen LogP contribution in [0.5, 0.6) is 0 Å². The molecule has 0 aromatic rings. The van der Waals surface area contributed by atoms with Gasteiger partial charge in [-0.25, -0.2) is 20.2 Å². The van der Waals surface area contributed by atoms with Crippen LogP contribution in [0.1, 0.15) is 0 Å². The van der Waals surface area contributed by atoms with Gasteiger partial charge in [-0.15, -0.1) is 0 Å². The van der Waals surface area contributed by atoms with Crippen molar-refractivity contribution in [3.8, 4) is 0 Å². The summed E-state index contributed by atoms with van der Waals surface area (Å²) in [7, 11) is 3.08. The third-order valence-electron chi connectivity index (χ3n) is 1.60. The molecule has 0 aromatic carbocycles. The molecule has 1 aliphatic rings. The van der Waals surface area contributed by atoms with Crippen LogP contribution < -0.4 is 26.6 Å². The summed E-state index contributed by atoms with van der Waals surface area (Å²) >= 11 is 0. The van der Waals surface area contributed by atoms with Gasteiger partial charge in [0.15, 0.2) is 10.1 Å². The normalized spacial score (nSPS) is 12.6. The first-order chi connectivity index (χ1) is 8.99. The molecule has 108 valence electrons. The highest BCUT2D eigenvalue weighted by atomic mass is 16.7. The number of nitrogens with one attached hydrogen (secondary N) is 5. The Morgan fingerprint density at radius 1 is 1.16 bits per heavy atom. The highest BCUT2D eigenvalue weighted by molar-refractivity contribution is 5.79. The standard InChI is InChI=1S/C3H7N5O2.C3H8N4O2/c9-8(10)7-3-5-1-4-2-6-3;1-4-3(5-2)6-7(8)9/h4H,1-2H2,(H2,5,6,7);1-2H3,(H2,4,5,6). The van der Waals surface area contributed by atoms with Gasteiger partial charge in [-0.1, -0.05) is 0 Å². The number of nitro groups is 2. The minimum absolute atomic E-state index is 0.139. The average molecular weight is 277 g/mol. The predicted octanol–water partition coefficient (Wildman–Crippen LogP) is -2.80. The number of guanidine groups is 2. The van der Waals surface area contributed by atoms with Gasteiger partial charge in [0.2, 0.25) is 0 Å². The largest absolute Gasteiger partial charge is 0.354 e. The zero-order chi connectivity index (χ0) is 14.7. The minimum Gasteiger partial charge on any atom is -0.354 e. The van der Waals surface area contributed by atoms with E-state index in [4.69, 9.17) is 0 Å². The first-order valence-electron chi connectivity index (χ1n) is 4.99. The summed E-state index contributed by atoms with van der Waals surface area (Å²) in [6.45, 7) is 0.999. The molecule has 0 radical (unpaired) electrons. The molecule has 19 heavy (non-hydrogen) atoms. The fraction of sp³-hybridized carbons (Fsp3) is 0.667. The molecule has 5 N–H and O–H groups in total. The molecule has 1 heterocycles. The molecule has 0 atom stereocenters. The molecule has 0 spiro atoms. The van der Waals surface area contributed by atoms with E-state index < -0.39 is 10.1 Å². The Morgan fingerprint density at radius 2 is 1.68 bits per heavy atom. The Labute approximate surface area is 107 Å². The highest BCUT2D eigenvalue weighted by Crippen LogP contribution is 1.74. The van der Waals surface area contributed by atoms with Gasteiger partial charge in [-0.05, 0) is 0 Å². The van der Waals surface area contributed by atoms with Crippen molar-refractivity contribution in [3.63, 3.8) is 0 Å². The summed E-state index contributed by atoms with van der Waals surface area (Å²) < 4.78 is 0. The molecule has 13 heteroatoms. The second-order valence-corrected chi connectivity index (χ2v) is 2.83. The lowest BCUT2D eigenvalue weighted by molar-refractivity contribution is -0.485. The second-order valence-electron chi connectivity index (χ2n) is 2.83. The molecule has 0 unspecified atom stereocenters. The van der Waals surface area contributed by atoms with Gasteiger partial charge < -0.3 is 21.3 Å². The molecule has 1 fully saturated rings. The van der Waals surface area contributed by atoms with Crippen LogP contribution in [0.4, 0.5) is 0 Å². The molecular weight excluding hydrogens is 262 g/mol. The van der Waals surface area contributed by atoms with Crippen molar-refractivity contribution in [2.24, 2.45) is 10.2 Å². The van der Waals surface area contributed by atoms with E-state index >= 15 is 0 Å². The molecule has 1 saturated heterocycles. The van der Waals surface area contributed by atoms with E-state index in [2.05, 4.69) is 36.8 Å². The van der Waals surface area contributed by atoms with E-state index in [-0.39, 0.29) is 11.9 Å². The maximum Gasteiger partial charge on any atom is 0.270 e. The third-order valence-corrected chi connectivity index (χ3v) is 1.60. The maximum atomic E-state index is 9.79. The van der Waals surface area contributed by atoms with Gasteiger partial charge in [-0.3, -0.25) is 5.32 Å². The van der Waals surface area contributed by atoms with E-state index in [9.17, 15) is 20.2 Å². The quantitative estimate of drug-likeness (QED) is 0.155. The number of nitrogens with zero attached hydrogens (tertiary/aromatic N) is 4. The molecule has 0 saturated carbocycles. The first-order valence-corrected chi connectivity index (χ1v) is 4.99. The fourth-order valence-corrected chi connectivity index (χ4v) is 0.876. The molecule has 1 aliphatic heterocycles. The van der Waals surface area contributed by atoms with Gasteiger partial charge in [-0.2, -0.15) is 0 Å². The molecule has 0 aliphatic carbocycles. The summed E-state index contributed by atoms with van der Waals surface area (Å²) in [5.74, 6) is 0.337. The van der Waals surface area contributed by atoms with Crippen molar-refractivity contribution >= 4 is 11.9 Å². The Morgan fingerprint density at radius 3 is 2.00 bits per heavy atom. The lowest BCUT2D eigenvalue weighted by Crippen LogP contribution is -2.52. The van der Waals surface area contributed by atoms with E-state index in [1.165, 1.54) is 0 Å². The molecular formula is C6H15N9O4. The van der Waals surface area contributed by atoms with Crippen LogP contribution in [0.3, 0.4) is 0 Å². The smallest absolute Gasteiger partial charge is 0.270 e. The zero-order valence-electron chi connectivity index (χ0n) is 10.3. The van der Waals surface area contributed by atoms with Crippen molar-refractivity contribution in [1.82, 2.24) is 26.6 Å². The van der Waals surface area contributed by atoms with Crippen LogP contribution in [0.2, 0.25) is 0 Å². The lowest BCUT2D eigenvalue weighted by atomic mass is 10.7. The SMILES string of the molecule is CNC(=N[N+](=O)[O-])NC.O=[N+]([O-])N=C1NCNCN1. The number of hydrogen-bond donors (Lipinski definition) is 5. The number of rotatable bonds is 2. The Bertz CT molecular complexity index is 354. The average Bonchev–Trinajstić information content (AvgIpc) is 2.37. The van der Waals surface area contributed by atoms with E-state index in [0.29, 0.717) is 13.3 Å². The highest BCUT2D eigenvalue weighted by Gasteiger charge is 2.06. The van der Waals surface area contributed by atoms with Crippen molar-refractivity contribution in [1.29, 1.82) is 0 Å². The van der Waals surface area contributed by atoms with Crippen LogP contribution in [-0.2, 0) is 0 Å². The summed E-state index contributed by atoms with van der Waals surface area (Å²) in [6.07, 6.45) is 0. The van der Waals surface area contributed by atoms with Gasteiger partial charge in [0.25, 0.3) is 11.9 Å². The Kier molecular flexibility index (Phi) is 8.01. The molecule has 0 aromatic heterocycles. The van der Waals surface area contributed by atoms with Crippen molar-refractivity contribution in [2.45, 2.75) is 0 Å². The van der Waals surface area contributed by atoms with Gasteiger partial charge in [0.1, 0.15) is 10.2 Å². The van der Waals surface area contributed by atoms with Gasteiger partial charge >= 0.3 is 0 Å². The summed E-state index contributed by atoms with van der Waals surface area (Å²) in [6, 6.07) is 0. The third kappa shape index (κ3) is 9.04. The van der Waals surface area contributed by atoms with Gasteiger partial charge in [0.05, 0.1) is 13.3 Å². The van der Waals surface area contributed by atoms with Crippen LogP contribution in [0, 0.1) is 20.2 Å².